The van der Waals surface area contributed by atoms with E-state index < -0.39 is 15.9 Å². The zero-order valence-electron chi connectivity index (χ0n) is 17.5. The van der Waals surface area contributed by atoms with Gasteiger partial charge >= 0.3 is 0 Å². The lowest BCUT2D eigenvalue weighted by molar-refractivity contribution is -0.110. The highest BCUT2D eigenvalue weighted by atomic mass is 32.2. The second-order valence-corrected chi connectivity index (χ2v) is 8.76. The van der Waals surface area contributed by atoms with Gasteiger partial charge in [0.1, 0.15) is 0 Å². The van der Waals surface area contributed by atoms with Gasteiger partial charge in [-0.15, -0.1) is 0 Å². The van der Waals surface area contributed by atoms with Gasteiger partial charge in [0.25, 0.3) is 5.91 Å². The van der Waals surface area contributed by atoms with Gasteiger partial charge in [0, 0.05) is 37.5 Å². The number of aliphatic hydroxyl groups excluding tert-OH is 1. The number of amides is 1. The van der Waals surface area contributed by atoms with E-state index in [0.29, 0.717) is 25.2 Å². The Bertz CT molecular complexity index is 1020. The summed E-state index contributed by atoms with van der Waals surface area (Å²) in [6.07, 6.45) is 4.67. The summed E-state index contributed by atoms with van der Waals surface area (Å²) in [6.45, 7) is 2.54. The summed E-state index contributed by atoms with van der Waals surface area (Å²) >= 11 is 0. The Morgan fingerprint density at radius 1 is 1.34 bits per heavy atom. The molecule has 0 bridgehead atoms. The molecule has 1 aliphatic heterocycles. The van der Waals surface area contributed by atoms with Crippen molar-refractivity contribution in [1.29, 1.82) is 0 Å². The number of aliphatic hydroxyl groups is 1. The fourth-order valence-corrected chi connectivity index (χ4v) is 4.42. The molecule has 3 rings (SSSR count). The molecule has 0 unspecified atom stereocenters. The Morgan fingerprint density at radius 3 is 2.72 bits per heavy atom. The molecule has 11 nitrogen and oxygen atoms in total. The molecule has 0 aliphatic carbocycles. The van der Waals surface area contributed by atoms with Crippen LogP contribution in [0.3, 0.4) is 0 Å². The molecule has 1 saturated heterocycles. The van der Waals surface area contributed by atoms with Crippen molar-refractivity contribution in [2.45, 2.75) is 24.3 Å². The summed E-state index contributed by atoms with van der Waals surface area (Å²) in [6, 6.07) is 5.72. The lowest BCUT2D eigenvalue weighted by atomic mass is 10.1. The van der Waals surface area contributed by atoms with E-state index in [9.17, 15) is 13.2 Å². The number of nitrogens with zero attached hydrogens (tertiary/aromatic N) is 4. The van der Waals surface area contributed by atoms with E-state index in [1.165, 1.54) is 47.2 Å². The summed E-state index contributed by atoms with van der Waals surface area (Å²) < 4.78 is 31.9. The standard InChI is InChI=1S/C20H25N5O6S/c1-2-25(10-11-26)32(28,29)17-5-3-15(4-6-17)19(24-31-16-7-12-30-14-16)20(27)23-18-13-21-8-9-22-18/h3-6,8-9,13,16,26H,2,7,10-12,14H2,1H3,(H,22,23,27)/t16-/m1/s1. The lowest BCUT2D eigenvalue weighted by Crippen LogP contribution is -2.33. The van der Waals surface area contributed by atoms with Crippen LogP contribution in [0.5, 0.6) is 0 Å². The third-order valence-electron chi connectivity index (χ3n) is 4.67. The highest BCUT2D eigenvalue weighted by Gasteiger charge is 2.24. The van der Waals surface area contributed by atoms with Gasteiger partial charge < -0.3 is 20.0 Å². The zero-order valence-corrected chi connectivity index (χ0v) is 18.4. The Balaban J connectivity index is 1.86. The first kappa shape index (κ1) is 23.7. The van der Waals surface area contributed by atoms with E-state index >= 15 is 0 Å². The molecule has 1 aromatic heterocycles. The van der Waals surface area contributed by atoms with Crippen LogP contribution in [0.2, 0.25) is 0 Å². The van der Waals surface area contributed by atoms with Gasteiger partial charge in [-0.2, -0.15) is 4.31 Å². The van der Waals surface area contributed by atoms with Crippen molar-refractivity contribution >= 4 is 27.5 Å². The van der Waals surface area contributed by atoms with Crippen LogP contribution in [-0.4, -0.2) is 78.4 Å². The van der Waals surface area contributed by atoms with Crippen molar-refractivity contribution in [1.82, 2.24) is 14.3 Å². The number of carbonyl (C=O) groups is 1. The van der Waals surface area contributed by atoms with Gasteiger partial charge in [-0.3, -0.25) is 9.78 Å². The Morgan fingerprint density at radius 2 is 2.12 bits per heavy atom. The fourth-order valence-electron chi connectivity index (χ4n) is 2.98. The highest BCUT2D eigenvalue weighted by molar-refractivity contribution is 7.89. The molecular weight excluding hydrogens is 438 g/mol. The topological polar surface area (TPSA) is 143 Å². The molecule has 2 aromatic rings. The number of oxime groups is 1. The molecule has 1 amide bonds. The van der Waals surface area contributed by atoms with Crippen molar-refractivity contribution in [3.8, 4) is 0 Å². The average Bonchev–Trinajstić information content (AvgIpc) is 3.32. The van der Waals surface area contributed by atoms with Crippen molar-refractivity contribution in [3.05, 3.63) is 48.4 Å². The number of hydrogen-bond donors (Lipinski definition) is 2. The molecule has 32 heavy (non-hydrogen) atoms. The number of anilines is 1. The number of hydrogen-bond acceptors (Lipinski definition) is 9. The molecule has 172 valence electrons. The minimum absolute atomic E-state index is 0.00882. The van der Waals surface area contributed by atoms with Gasteiger partial charge in [0.2, 0.25) is 10.0 Å². The minimum Gasteiger partial charge on any atom is -0.395 e. The fraction of sp³-hybridized carbons (Fsp3) is 0.400. The molecule has 0 saturated carbocycles. The second kappa shape index (κ2) is 11.1. The van der Waals surface area contributed by atoms with Gasteiger partial charge in [-0.1, -0.05) is 24.2 Å². The first-order valence-corrected chi connectivity index (χ1v) is 11.5. The number of aromatic nitrogens is 2. The van der Waals surface area contributed by atoms with E-state index in [2.05, 4.69) is 20.4 Å². The van der Waals surface area contributed by atoms with Crippen LogP contribution in [0.25, 0.3) is 0 Å². The summed E-state index contributed by atoms with van der Waals surface area (Å²) in [5.74, 6) is -0.355. The third kappa shape index (κ3) is 5.85. The summed E-state index contributed by atoms with van der Waals surface area (Å²) in [5.41, 5.74) is 0.309. The van der Waals surface area contributed by atoms with Crippen LogP contribution in [0.1, 0.15) is 18.9 Å². The predicted octanol–water partition coefficient (Wildman–Crippen LogP) is 0.628. The number of rotatable bonds is 10. The van der Waals surface area contributed by atoms with Crippen LogP contribution in [0, 0.1) is 0 Å². The second-order valence-electron chi connectivity index (χ2n) is 6.82. The molecule has 0 radical (unpaired) electrons. The van der Waals surface area contributed by atoms with Gasteiger partial charge in [-0.25, -0.2) is 13.4 Å². The molecule has 1 atom stereocenters. The lowest BCUT2D eigenvalue weighted by Gasteiger charge is -2.19. The first-order valence-electron chi connectivity index (χ1n) is 10.1. The van der Waals surface area contributed by atoms with Crippen molar-refractivity contribution in [2.24, 2.45) is 5.16 Å². The van der Waals surface area contributed by atoms with Crippen LogP contribution in [0.15, 0.2) is 52.9 Å². The number of carbonyl (C=O) groups excluding carboxylic acids is 1. The quantitative estimate of drug-likeness (QED) is 0.386. The maximum absolute atomic E-state index is 12.9. The van der Waals surface area contributed by atoms with Crippen LogP contribution < -0.4 is 5.32 Å². The maximum atomic E-state index is 12.9. The SMILES string of the molecule is CCN(CCO)S(=O)(=O)c1ccc(C(=NO[C@@H]2CCOC2)C(=O)Nc2cnccn2)cc1. The molecule has 0 spiro atoms. The smallest absolute Gasteiger partial charge is 0.279 e. The molecule has 1 aliphatic rings. The van der Waals surface area contributed by atoms with E-state index in [-0.39, 0.29) is 42.2 Å². The summed E-state index contributed by atoms with van der Waals surface area (Å²) in [7, 11) is -3.78. The molecule has 1 aromatic carbocycles. The van der Waals surface area contributed by atoms with Gasteiger partial charge in [0.15, 0.2) is 17.6 Å². The minimum atomic E-state index is -3.78. The van der Waals surface area contributed by atoms with E-state index in [4.69, 9.17) is 14.7 Å². The Kier molecular flexibility index (Phi) is 8.22. The Hall–Kier alpha value is -2.93. The molecule has 1 fully saturated rings. The van der Waals surface area contributed by atoms with Crippen LogP contribution >= 0.6 is 0 Å². The highest BCUT2D eigenvalue weighted by Crippen LogP contribution is 2.18. The van der Waals surface area contributed by atoms with Gasteiger partial charge in [0.05, 0.1) is 30.9 Å². The molecule has 2 N–H and O–H groups in total. The van der Waals surface area contributed by atoms with Crippen LogP contribution in [-0.2, 0) is 24.4 Å². The van der Waals surface area contributed by atoms with Crippen molar-refractivity contribution in [3.63, 3.8) is 0 Å². The maximum Gasteiger partial charge on any atom is 0.279 e. The Labute approximate surface area is 186 Å². The number of benzene rings is 1. The largest absolute Gasteiger partial charge is 0.395 e. The third-order valence-corrected chi connectivity index (χ3v) is 6.66. The number of likely N-dealkylation sites (N-methyl/N-ethyl adjacent to an activating group) is 1. The summed E-state index contributed by atoms with van der Waals surface area (Å²) in [4.78, 5) is 26.3. The van der Waals surface area contributed by atoms with Crippen molar-refractivity contribution in [2.75, 3.05) is 38.2 Å². The average molecular weight is 464 g/mol. The molecular formula is C20H25N5O6S. The monoisotopic (exact) mass is 463 g/mol. The van der Waals surface area contributed by atoms with E-state index in [1.54, 1.807) is 6.92 Å². The van der Waals surface area contributed by atoms with Crippen LogP contribution in [0.4, 0.5) is 5.82 Å². The van der Waals surface area contributed by atoms with E-state index in [0.717, 1.165) is 0 Å². The van der Waals surface area contributed by atoms with E-state index in [1.807, 2.05) is 0 Å². The predicted molar refractivity (Wildman–Crippen MR) is 115 cm³/mol. The number of nitrogens with one attached hydrogen (secondary N) is 1. The summed E-state index contributed by atoms with van der Waals surface area (Å²) in [5, 5.41) is 15.8. The van der Waals surface area contributed by atoms with Crippen molar-refractivity contribution < 1.29 is 27.9 Å². The molecule has 2 heterocycles. The normalized spacial score (nSPS) is 16.8. The first-order chi connectivity index (χ1) is 15.5. The zero-order chi connectivity index (χ0) is 23.0. The molecule has 12 heteroatoms. The number of ether oxygens (including phenoxy) is 1. The van der Waals surface area contributed by atoms with Gasteiger partial charge in [-0.05, 0) is 12.1 Å². The number of sulfonamides is 1.